The van der Waals surface area contributed by atoms with E-state index in [9.17, 15) is 13.9 Å². The number of nitrogens with zero attached hydrogens (tertiary/aromatic N) is 3. The molecule has 0 aliphatic carbocycles. The zero-order valence-electron chi connectivity index (χ0n) is 12.4. The molecule has 0 saturated heterocycles. The van der Waals surface area contributed by atoms with Crippen LogP contribution >= 0.6 is 23.2 Å². The standard InChI is InChI=1S/C16H9Cl2F2N3O2/c17-10-4-9(5-11(18)15(10)24)14-6-21-16(23-22-14)25-7-8-1-2-12(19)13(20)3-8/h1-6,24H,7H2. The second kappa shape index (κ2) is 7.16. The first-order valence-corrected chi connectivity index (χ1v) is 7.64. The van der Waals surface area contributed by atoms with Gasteiger partial charge in [-0.1, -0.05) is 34.4 Å². The van der Waals surface area contributed by atoms with Crippen molar-refractivity contribution in [3.8, 4) is 23.0 Å². The molecule has 2 aromatic carbocycles. The van der Waals surface area contributed by atoms with E-state index < -0.39 is 11.6 Å². The van der Waals surface area contributed by atoms with Crippen LogP contribution in [-0.2, 0) is 6.61 Å². The molecule has 3 aromatic rings. The van der Waals surface area contributed by atoms with Crippen LogP contribution in [0.15, 0.2) is 36.5 Å². The molecule has 9 heteroatoms. The average Bonchev–Trinajstić information content (AvgIpc) is 2.61. The van der Waals surface area contributed by atoms with Gasteiger partial charge >= 0.3 is 6.01 Å². The summed E-state index contributed by atoms with van der Waals surface area (Å²) in [5.41, 5.74) is 1.30. The Labute approximate surface area is 150 Å². The highest BCUT2D eigenvalue weighted by atomic mass is 35.5. The van der Waals surface area contributed by atoms with Crippen molar-refractivity contribution in [2.45, 2.75) is 6.61 Å². The van der Waals surface area contributed by atoms with Crippen LogP contribution in [0.5, 0.6) is 11.8 Å². The van der Waals surface area contributed by atoms with E-state index in [1.54, 1.807) is 0 Å². The summed E-state index contributed by atoms with van der Waals surface area (Å²) in [6.07, 6.45) is 1.38. The second-order valence-electron chi connectivity index (χ2n) is 4.95. The van der Waals surface area contributed by atoms with Crippen molar-refractivity contribution in [3.63, 3.8) is 0 Å². The third kappa shape index (κ3) is 3.94. The molecule has 0 aliphatic heterocycles. The van der Waals surface area contributed by atoms with Crippen LogP contribution in [0.3, 0.4) is 0 Å². The highest BCUT2D eigenvalue weighted by molar-refractivity contribution is 6.37. The quantitative estimate of drug-likeness (QED) is 0.722. The van der Waals surface area contributed by atoms with Gasteiger partial charge in [-0.05, 0) is 29.8 Å². The number of benzene rings is 2. The molecule has 0 spiro atoms. The monoisotopic (exact) mass is 383 g/mol. The van der Waals surface area contributed by atoms with Crippen LogP contribution in [0, 0.1) is 11.6 Å². The predicted molar refractivity (Wildman–Crippen MR) is 87.6 cm³/mol. The number of halogens is 4. The summed E-state index contributed by atoms with van der Waals surface area (Å²) >= 11 is 11.7. The van der Waals surface area contributed by atoms with Gasteiger partial charge in [0.05, 0.1) is 16.2 Å². The predicted octanol–water partition coefficient (Wildman–Crippen LogP) is 4.41. The summed E-state index contributed by atoms with van der Waals surface area (Å²) in [7, 11) is 0. The van der Waals surface area contributed by atoms with Gasteiger partial charge in [-0.15, -0.1) is 5.10 Å². The lowest BCUT2D eigenvalue weighted by atomic mass is 10.1. The summed E-state index contributed by atoms with van der Waals surface area (Å²) in [4.78, 5) is 3.98. The van der Waals surface area contributed by atoms with E-state index in [0.29, 0.717) is 16.8 Å². The molecule has 3 rings (SSSR count). The maximum atomic E-state index is 13.1. The van der Waals surface area contributed by atoms with E-state index >= 15 is 0 Å². The van der Waals surface area contributed by atoms with Gasteiger partial charge < -0.3 is 9.84 Å². The molecule has 0 bridgehead atoms. The Balaban J connectivity index is 1.73. The topological polar surface area (TPSA) is 68.1 Å². The van der Waals surface area contributed by atoms with E-state index in [2.05, 4.69) is 15.2 Å². The van der Waals surface area contributed by atoms with Gasteiger partial charge in [0.15, 0.2) is 17.4 Å². The van der Waals surface area contributed by atoms with Gasteiger partial charge in [0, 0.05) is 5.56 Å². The normalized spacial score (nSPS) is 10.7. The lowest BCUT2D eigenvalue weighted by Crippen LogP contribution is -2.02. The van der Waals surface area contributed by atoms with Crippen molar-refractivity contribution in [2.24, 2.45) is 0 Å². The molecule has 0 aliphatic rings. The lowest BCUT2D eigenvalue weighted by Gasteiger charge is -2.06. The fraction of sp³-hybridized carbons (Fsp3) is 0.0625. The summed E-state index contributed by atoms with van der Waals surface area (Å²) < 4.78 is 31.3. The average molecular weight is 384 g/mol. The van der Waals surface area contributed by atoms with Gasteiger partial charge in [0.2, 0.25) is 0 Å². The van der Waals surface area contributed by atoms with E-state index in [1.807, 2.05) is 0 Å². The fourth-order valence-corrected chi connectivity index (χ4v) is 2.44. The molecule has 0 radical (unpaired) electrons. The number of hydrogen-bond acceptors (Lipinski definition) is 5. The number of aromatic nitrogens is 3. The Hall–Kier alpha value is -2.51. The number of ether oxygens (including phenoxy) is 1. The third-order valence-corrected chi connectivity index (χ3v) is 3.78. The fourth-order valence-electron chi connectivity index (χ4n) is 1.95. The van der Waals surface area contributed by atoms with Crippen molar-refractivity contribution >= 4 is 23.2 Å². The molecule has 5 nitrogen and oxygen atoms in total. The smallest absolute Gasteiger partial charge is 0.336 e. The molecule has 0 fully saturated rings. The van der Waals surface area contributed by atoms with Gasteiger partial charge in [0.25, 0.3) is 0 Å². The van der Waals surface area contributed by atoms with Gasteiger partial charge in [0.1, 0.15) is 12.3 Å². The van der Waals surface area contributed by atoms with Crippen LogP contribution in [-0.4, -0.2) is 20.3 Å². The first kappa shape index (κ1) is 17.3. The Morgan fingerprint density at radius 3 is 2.32 bits per heavy atom. The van der Waals surface area contributed by atoms with Crippen molar-refractivity contribution in [3.05, 3.63) is 63.8 Å². The summed E-state index contributed by atoms with van der Waals surface area (Å²) in [6, 6.07) is 6.32. The molecule has 0 atom stereocenters. The molecule has 0 amide bonds. The minimum atomic E-state index is -0.962. The molecule has 1 N–H and O–H groups in total. The summed E-state index contributed by atoms with van der Waals surface area (Å²) in [5.74, 6) is -2.12. The summed E-state index contributed by atoms with van der Waals surface area (Å²) in [5, 5.41) is 17.4. The van der Waals surface area contributed by atoms with Crippen molar-refractivity contribution in [1.29, 1.82) is 0 Å². The third-order valence-electron chi connectivity index (χ3n) is 3.21. The highest BCUT2D eigenvalue weighted by Crippen LogP contribution is 2.35. The van der Waals surface area contributed by atoms with E-state index in [4.69, 9.17) is 27.9 Å². The van der Waals surface area contributed by atoms with Crippen LogP contribution in [0.2, 0.25) is 10.0 Å². The first-order valence-electron chi connectivity index (χ1n) is 6.89. The molecule has 128 valence electrons. The van der Waals surface area contributed by atoms with Crippen molar-refractivity contribution < 1.29 is 18.6 Å². The number of phenols is 1. The van der Waals surface area contributed by atoms with E-state index in [0.717, 1.165) is 12.1 Å². The van der Waals surface area contributed by atoms with Crippen molar-refractivity contribution in [2.75, 3.05) is 0 Å². The van der Waals surface area contributed by atoms with E-state index in [1.165, 1.54) is 24.4 Å². The molecule has 25 heavy (non-hydrogen) atoms. The van der Waals surface area contributed by atoms with E-state index in [-0.39, 0.29) is 28.4 Å². The van der Waals surface area contributed by atoms with Gasteiger partial charge in [-0.2, -0.15) is 0 Å². The zero-order chi connectivity index (χ0) is 18.0. The molecule has 1 aromatic heterocycles. The first-order chi connectivity index (χ1) is 11.9. The van der Waals surface area contributed by atoms with Gasteiger partial charge in [-0.25, -0.2) is 13.8 Å². The maximum absolute atomic E-state index is 13.1. The van der Waals surface area contributed by atoms with Crippen LogP contribution < -0.4 is 4.74 Å². The van der Waals surface area contributed by atoms with Gasteiger partial charge in [-0.3, -0.25) is 0 Å². The molecular formula is C16H9Cl2F2N3O2. The number of aromatic hydroxyl groups is 1. The molecule has 0 saturated carbocycles. The minimum absolute atomic E-state index is 0.0375. The zero-order valence-corrected chi connectivity index (χ0v) is 13.9. The maximum Gasteiger partial charge on any atom is 0.336 e. The highest BCUT2D eigenvalue weighted by Gasteiger charge is 2.11. The summed E-state index contributed by atoms with van der Waals surface area (Å²) in [6.45, 7) is -0.0465. The number of hydrogen-bond donors (Lipinski definition) is 1. The number of rotatable bonds is 4. The lowest BCUT2D eigenvalue weighted by molar-refractivity contribution is 0.276. The molecular weight excluding hydrogens is 375 g/mol. The van der Waals surface area contributed by atoms with Crippen LogP contribution in [0.25, 0.3) is 11.3 Å². The molecule has 0 unspecified atom stereocenters. The Morgan fingerprint density at radius 1 is 1.00 bits per heavy atom. The van der Waals surface area contributed by atoms with Crippen LogP contribution in [0.1, 0.15) is 5.56 Å². The Kier molecular flexibility index (Phi) is 4.96. The Morgan fingerprint density at radius 2 is 1.72 bits per heavy atom. The second-order valence-corrected chi connectivity index (χ2v) is 5.77. The molecule has 1 heterocycles. The minimum Gasteiger partial charge on any atom is -0.505 e. The largest absolute Gasteiger partial charge is 0.505 e. The Bertz CT molecular complexity index is 901. The van der Waals surface area contributed by atoms with Crippen LogP contribution in [0.4, 0.5) is 8.78 Å². The number of phenolic OH excluding ortho intramolecular Hbond substituents is 1. The van der Waals surface area contributed by atoms with Crippen molar-refractivity contribution in [1.82, 2.24) is 15.2 Å². The SMILES string of the molecule is Oc1c(Cl)cc(-c2cnc(OCc3ccc(F)c(F)c3)nn2)cc1Cl.